The average molecular weight is 273 g/mol. The Bertz CT molecular complexity index is 450. The van der Waals surface area contributed by atoms with Gasteiger partial charge in [-0.2, -0.15) is 0 Å². The monoisotopic (exact) mass is 273 g/mol. The lowest BCUT2D eigenvalue weighted by Crippen LogP contribution is -2.41. The highest BCUT2D eigenvalue weighted by Gasteiger charge is 2.39. The van der Waals surface area contributed by atoms with E-state index in [0.29, 0.717) is 5.41 Å². The van der Waals surface area contributed by atoms with Crippen LogP contribution in [-0.4, -0.2) is 12.6 Å². The van der Waals surface area contributed by atoms with Crippen molar-refractivity contribution in [3.63, 3.8) is 0 Å². The van der Waals surface area contributed by atoms with Gasteiger partial charge in [-0.15, -0.1) is 0 Å². The van der Waals surface area contributed by atoms with Crippen molar-refractivity contribution in [1.82, 2.24) is 0 Å². The maximum Gasteiger partial charge on any atom is 0.0842 e. The molecule has 0 radical (unpaired) electrons. The van der Waals surface area contributed by atoms with Gasteiger partial charge in [-0.05, 0) is 48.6 Å². The molecule has 2 aliphatic rings. The van der Waals surface area contributed by atoms with E-state index in [-0.39, 0.29) is 12.1 Å². The molecule has 0 amide bonds. The second kappa shape index (κ2) is 5.87. The number of hydrogen-bond acceptors (Lipinski definition) is 2. The summed E-state index contributed by atoms with van der Waals surface area (Å²) in [7, 11) is 0. The normalized spacial score (nSPS) is 26.2. The number of ether oxygens (including phenoxy) is 1. The molecule has 110 valence electrons. The van der Waals surface area contributed by atoms with Crippen molar-refractivity contribution in [2.75, 3.05) is 6.61 Å². The smallest absolute Gasteiger partial charge is 0.0842 e. The van der Waals surface area contributed by atoms with Gasteiger partial charge in [-0.25, -0.2) is 0 Å². The highest BCUT2D eigenvalue weighted by molar-refractivity contribution is 5.31. The van der Waals surface area contributed by atoms with Crippen LogP contribution in [0, 0.1) is 5.41 Å². The van der Waals surface area contributed by atoms with E-state index in [0.717, 1.165) is 19.4 Å². The number of benzene rings is 1. The SMILES string of the molecule is CCC1(C(N)CC2OCCc3ccccc32)CCCC1. The molecule has 1 aromatic rings. The predicted octanol–water partition coefficient (Wildman–Crippen LogP) is 3.99. The summed E-state index contributed by atoms with van der Waals surface area (Å²) in [6, 6.07) is 8.98. The lowest BCUT2D eigenvalue weighted by Gasteiger charge is -2.37. The van der Waals surface area contributed by atoms with E-state index in [1.54, 1.807) is 0 Å². The first kappa shape index (κ1) is 14.1. The summed E-state index contributed by atoms with van der Waals surface area (Å²) in [6.07, 6.45) is 8.75. The van der Waals surface area contributed by atoms with Crippen molar-refractivity contribution in [2.24, 2.45) is 11.1 Å². The van der Waals surface area contributed by atoms with Crippen LogP contribution in [-0.2, 0) is 11.2 Å². The van der Waals surface area contributed by atoms with Gasteiger partial charge in [0, 0.05) is 6.04 Å². The topological polar surface area (TPSA) is 35.2 Å². The summed E-state index contributed by atoms with van der Waals surface area (Å²) in [4.78, 5) is 0. The molecule has 2 unspecified atom stereocenters. The Hall–Kier alpha value is -0.860. The van der Waals surface area contributed by atoms with Crippen LogP contribution in [0.25, 0.3) is 0 Å². The van der Waals surface area contributed by atoms with E-state index in [4.69, 9.17) is 10.5 Å². The number of nitrogens with two attached hydrogens (primary N) is 1. The van der Waals surface area contributed by atoms with Gasteiger partial charge >= 0.3 is 0 Å². The van der Waals surface area contributed by atoms with Crippen molar-refractivity contribution in [1.29, 1.82) is 0 Å². The zero-order chi connectivity index (χ0) is 14.0. The molecule has 1 saturated carbocycles. The molecule has 2 heteroatoms. The van der Waals surface area contributed by atoms with Crippen molar-refractivity contribution in [2.45, 2.75) is 64.0 Å². The molecule has 2 N–H and O–H groups in total. The van der Waals surface area contributed by atoms with Crippen molar-refractivity contribution in [3.05, 3.63) is 35.4 Å². The van der Waals surface area contributed by atoms with E-state index in [2.05, 4.69) is 31.2 Å². The molecule has 1 aliphatic carbocycles. The summed E-state index contributed by atoms with van der Waals surface area (Å²) in [5.74, 6) is 0. The van der Waals surface area contributed by atoms with E-state index < -0.39 is 0 Å². The zero-order valence-electron chi connectivity index (χ0n) is 12.6. The Morgan fingerprint density at radius 1 is 1.30 bits per heavy atom. The molecule has 1 aromatic carbocycles. The number of rotatable bonds is 4. The molecule has 1 aliphatic heterocycles. The summed E-state index contributed by atoms with van der Waals surface area (Å²) >= 11 is 0. The first-order valence-electron chi connectivity index (χ1n) is 8.20. The molecule has 1 heterocycles. The van der Waals surface area contributed by atoms with Crippen LogP contribution in [0.2, 0.25) is 0 Å². The fourth-order valence-electron chi connectivity index (χ4n) is 4.22. The number of fused-ring (bicyclic) bond motifs is 1. The number of hydrogen-bond donors (Lipinski definition) is 1. The van der Waals surface area contributed by atoms with Crippen LogP contribution in [0.1, 0.15) is 62.7 Å². The molecule has 0 aromatic heterocycles. The van der Waals surface area contributed by atoms with Crippen LogP contribution in [0.4, 0.5) is 0 Å². The molecular formula is C18H27NO. The Balaban J connectivity index is 1.75. The summed E-state index contributed by atoms with van der Waals surface area (Å²) in [5, 5.41) is 0. The molecule has 2 atom stereocenters. The zero-order valence-corrected chi connectivity index (χ0v) is 12.6. The van der Waals surface area contributed by atoms with E-state index in [1.807, 2.05) is 0 Å². The Morgan fingerprint density at radius 2 is 2.05 bits per heavy atom. The van der Waals surface area contributed by atoms with Crippen LogP contribution in [0.3, 0.4) is 0 Å². The molecular weight excluding hydrogens is 246 g/mol. The lowest BCUT2D eigenvalue weighted by molar-refractivity contribution is 0.0189. The minimum atomic E-state index is 0.207. The van der Waals surface area contributed by atoms with Crippen molar-refractivity contribution >= 4 is 0 Å². The molecule has 3 rings (SSSR count). The first-order valence-corrected chi connectivity index (χ1v) is 8.20. The van der Waals surface area contributed by atoms with Gasteiger partial charge in [0.2, 0.25) is 0 Å². The standard InChI is InChI=1S/C18H27NO/c1-2-18(10-5-6-11-18)17(19)13-16-15-8-4-3-7-14(15)9-12-20-16/h3-4,7-8,16-17H,2,5-6,9-13,19H2,1H3. The third-order valence-corrected chi connectivity index (χ3v) is 5.65. The Labute approximate surface area is 122 Å². The predicted molar refractivity (Wildman–Crippen MR) is 82.6 cm³/mol. The van der Waals surface area contributed by atoms with Crippen molar-refractivity contribution < 1.29 is 4.74 Å². The second-order valence-electron chi connectivity index (χ2n) is 6.57. The Morgan fingerprint density at radius 3 is 2.80 bits per heavy atom. The molecule has 1 fully saturated rings. The van der Waals surface area contributed by atoms with Gasteiger partial charge in [-0.3, -0.25) is 0 Å². The van der Waals surface area contributed by atoms with Gasteiger partial charge < -0.3 is 10.5 Å². The highest BCUT2D eigenvalue weighted by atomic mass is 16.5. The van der Waals surface area contributed by atoms with E-state index in [1.165, 1.54) is 43.2 Å². The maximum absolute atomic E-state index is 6.63. The minimum absolute atomic E-state index is 0.207. The molecule has 0 saturated heterocycles. The van der Waals surface area contributed by atoms with Gasteiger partial charge in [0.1, 0.15) is 0 Å². The van der Waals surface area contributed by atoms with Gasteiger partial charge in [0.05, 0.1) is 12.7 Å². The third kappa shape index (κ3) is 2.51. The van der Waals surface area contributed by atoms with Crippen LogP contribution in [0.15, 0.2) is 24.3 Å². The fraction of sp³-hybridized carbons (Fsp3) is 0.667. The average Bonchev–Trinajstić information content (AvgIpc) is 2.98. The van der Waals surface area contributed by atoms with Crippen molar-refractivity contribution in [3.8, 4) is 0 Å². The molecule has 20 heavy (non-hydrogen) atoms. The van der Waals surface area contributed by atoms with Gasteiger partial charge in [-0.1, -0.05) is 44.0 Å². The van der Waals surface area contributed by atoms with Crippen LogP contribution < -0.4 is 5.73 Å². The minimum Gasteiger partial charge on any atom is -0.373 e. The fourth-order valence-corrected chi connectivity index (χ4v) is 4.22. The molecule has 2 nitrogen and oxygen atoms in total. The third-order valence-electron chi connectivity index (χ3n) is 5.65. The molecule has 0 spiro atoms. The van der Waals surface area contributed by atoms with E-state index >= 15 is 0 Å². The first-order chi connectivity index (χ1) is 9.75. The summed E-state index contributed by atoms with van der Waals surface area (Å²) in [5.41, 5.74) is 9.83. The maximum atomic E-state index is 6.63. The largest absolute Gasteiger partial charge is 0.373 e. The molecule has 0 bridgehead atoms. The van der Waals surface area contributed by atoms with E-state index in [9.17, 15) is 0 Å². The van der Waals surface area contributed by atoms with Crippen LogP contribution >= 0.6 is 0 Å². The second-order valence-corrected chi connectivity index (χ2v) is 6.57. The summed E-state index contributed by atoms with van der Waals surface area (Å²) in [6.45, 7) is 3.15. The van der Waals surface area contributed by atoms with Gasteiger partial charge in [0.15, 0.2) is 0 Å². The van der Waals surface area contributed by atoms with Gasteiger partial charge in [0.25, 0.3) is 0 Å². The quantitative estimate of drug-likeness (QED) is 0.900. The highest BCUT2D eigenvalue weighted by Crippen LogP contribution is 2.46. The lowest BCUT2D eigenvalue weighted by atomic mass is 9.74. The summed E-state index contributed by atoms with van der Waals surface area (Å²) < 4.78 is 6.04. The Kier molecular flexibility index (Phi) is 4.13. The van der Waals surface area contributed by atoms with Crippen LogP contribution in [0.5, 0.6) is 0 Å².